The SMILES string of the molecule is CN(C)c1nccnc1OC1CCCN(C(=O)c2cc(-c3cccs3)on2)C1. The van der Waals surface area contributed by atoms with Gasteiger partial charge in [0.05, 0.1) is 11.4 Å². The molecule has 8 nitrogen and oxygen atoms in total. The van der Waals surface area contributed by atoms with E-state index in [9.17, 15) is 4.79 Å². The smallest absolute Gasteiger partial charge is 0.276 e. The van der Waals surface area contributed by atoms with Crippen molar-refractivity contribution in [3.63, 3.8) is 0 Å². The molecule has 4 rings (SSSR count). The molecule has 1 aliphatic rings. The molecule has 0 radical (unpaired) electrons. The zero-order valence-corrected chi connectivity index (χ0v) is 16.6. The van der Waals surface area contributed by atoms with Crippen LogP contribution in [0.2, 0.25) is 0 Å². The lowest BCUT2D eigenvalue weighted by atomic mass is 10.1. The Bertz CT molecular complexity index is 941. The fourth-order valence-corrected chi connectivity index (χ4v) is 3.83. The molecule has 1 aliphatic heterocycles. The first kappa shape index (κ1) is 18.4. The number of hydrogen-bond donors (Lipinski definition) is 0. The number of nitrogens with zero attached hydrogens (tertiary/aromatic N) is 5. The number of carbonyl (C=O) groups is 1. The second kappa shape index (κ2) is 7.97. The quantitative estimate of drug-likeness (QED) is 0.652. The van der Waals surface area contributed by atoms with E-state index >= 15 is 0 Å². The number of thiophene rings is 1. The zero-order valence-electron chi connectivity index (χ0n) is 15.7. The summed E-state index contributed by atoms with van der Waals surface area (Å²) in [5, 5.41) is 5.92. The first-order valence-corrected chi connectivity index (χ1v) is 9.94. The van der Waals surface area contributed by atoms with Crippen molar-refractivity contribution in [3.05, 3.63) is 41.7 Å². The number of hydrogen-bond acceptors (Lipinski definition) is 8. The van der Waals surface area contributed by atoms with Crippen LogP contribution in [0.15, 0.2) is 40.5 Å². The highest BCUT2D eigenvalue weighted by Gasteiger charge is 2.28. The van der Waals surface area contributed by atoms with Crippen LogP contribution < -0.4 is 9.64 Å². The second-order valence-electron chi connectivity index (χ2n) is 6.77. The lowest BCUT2D eigenvalue weighted by molar-refractivity contribution is 0.0519. The molecule has 0 aromatic carbocycles. The fourth-order valence-electron chi connectivity index (χ4n) is 3.16. The Morgan fingerprint density at radius 1 is 1.36 bits per heavy atom. The summed E-state index contributed by atoms with van der Waals surface area (Å²) >= 11 is 1.55. The monoisotopic (exact) mass is 399 g/mol. The Labute approximate surface area is 166 Å². The van der Waals surface area contributed by atoms with Gasteiger partial charge in [0.2, 0.25) is 0 Å². The summed E-state index contributed by atoms with van der Waals surface area (Å²) in [4.78, 5) is 26.0. The summed E-state index contributed by atoms with van der Waals surface area (Å²) in [5.41, 5.74) is 0.317. The van der Waals surface area contributed by atoms with Crippen LogP contribution in [0.5, 0.6) is 5.88 Å². The predicted octanol–water partition coefficient (Wildman–Crippen LogP) is 2.94. The molecular formula is C19H21N5O3S. The number of aromatic nitrogens is 3. The van der Waals surface area contributed by atoms with Crippen molar-refractivity contribution in [1.82, 2.24) is 20.0 Å². The van der Waals surface area contributed by atoms with Crippen molar-refractivity contribution >= 4 is 23.1 Å². The predicted molar refractivity (Wildman–Crippen MR) is 106 cm³/mol. The number of anilines is 1. The molecule has 1 saturated heterocycles. The molecule has 3 aromatic heterocycles. The maximum absolute atomic E-state index is 12.9. The molecule has 0 N–H and O–H groups in total. The van der Waals surface area contributed by atoms with Crippen molar-refractivity contribution < 1.29 is 14.1 Å². The summed E-state index contributed by atoms with van der Waals surface area (Å²) in [6.07, 6.45) is 4.80. The molecule has 0 saturated carbocycles. The average molecular weight is 399 g/mol. The van der Waals surface area contributed by atoms with Crippen LogP contribution in [0, 0.1) is 0 Å². The van der Waals surface area contributed by atoms with Crippen LogP contribution in [0.4, 0.5) is 5.82 Å². The fraction of sp³-hybridized carbons (Fsp3) is 0.368. The third kappa shape index (κ3) is 3.84. The number of rotatable bonds is 5. The Balaban J connectivity index is 1.45. The number of carbonyl (C=O) groups excluding carboxylic acids is 1. The lowest BCUT2D eigenvalue weighted by Gasteiger charge is -2.32. The van der Waals surface area contributed by atoms with Crippen LogP contribution in [-0.4, -0.2) is 59.2 Å². The first-order chi connectivity index (χ1) is 13.6. The normalized spacial score (nSPS) is 16.8. The van der Waals surface area contributed by atoms with Gasteiger partial charge >= 0.3 is 0 Å². The minimum absolute atomic E-state index is 0.142. The van der Waals surface area contributed by atoms with Crippen LogP contribution in [0.1, 0.15) is 23.3 Å². The minimum Gasteiger partial charge on any atom is -0.470 e. The topological polar surface area (TPSA) is 84.6 Å². The molecule has 0 bridgehead atoms. The van der Waals surface area contributed by atoms with Gasteiger partial charge in [-0.1, -0.05) is 11.2 Å². The van der Waals surface area contributed by atoms with Crippen molar-refractivity contribution in [2.45, 2.75) is 18.9 Å². The van der Waals surface area contributed by atoms with E-state index < -0.39 is 0 Å². The Morgan fingerprint density at radius 3 is 3.00 bits per heavy atom. The molecule has 1 unspecified atom stereocenters. The van der Waals surface area contributed by atoms with Crippen LogP contribution >= 0.6 is 11.3 Å². The maximum atomic E-state index is 12.9. The van der Waals surface area contributed by atoms with Crippen LogP contribution in [0.25, 0.3) is 10.6 Å². The summed E-state index contributed by atoms with van der Waals surface area (Å²) in [5.74, 6) is 1.61. The molecular weight excluding hydrogens is 378 g/mol. The second-order valence-corrected chi connectivity index (χ2v) is 7.71. The summed E-state index contributed by atoms with van der Waals surface area (Å²) < 4.78 is 11.4. The Kier molecular flexibility index (Phi) is 5.25. The molecule has 146 valence electrons. The van der Waals surface area contributed by atoms with E-state index in [-0.39, 0.29) is 12.0 Å². The van der Waals surface area contributed by atoms with Gasteiger partial charge in [-0.2, -0.15) is 0 Å². The zero-order chi connectivity index (χ0) is 19.5. The third-order valence-corrected chi connectivity index (χ3v) is 5.39. The van der Waals surface area contributed by atoms with Gasteiger partial charge in [-0.25, -0.2) is 9.97 Å². The highest BCUT2D eigenvalue weighted by atomic mass is 32.1. The van der Waals surface area contributed by atoms with E-state index in [0.717, 1.165) is 17.7 Å². The van der Waals surface area contributed by atoms with Crippen molar-refractivity contribution in [2.75, 3.05) is 32.1 Å². The molecule has 4 heterocycles. The van der Waals surface area contributed by atoms with Gasteiger partial charge < -0.3 is 19.1 Å². The summed E-state index contributed by atoms with van der Waals surface area (Å²) in [7, 11) is 3.78. The lowest BCUT2D eigenvalue weighted by Crippen LogP contribution is -2.44. The van der Waals surface area contributed by atoms with Gasteiger partial charge in [-0.3, -0.25) is 4.79 Å². The van der Waals surface area contributed by atoms with Crippen molar-refractivity contribution in [2.24, 2.45) is 0 Å². The van der Waals surface area contributed by atoms with Gasteiger partial charge in [-0.15, -0.1) is 11.3 Å². The molecule has 0 aliphatic carbocycles. The van der Waals surface area contributed by atoms with E-state index in [1.54, 1.807) is 34.7 Å². The van der Waals surface area contributed by atoms with Gasteiger partial charge in [0, 0.05) is 39.1 Å². The number of likely N-dealkylation sites (tertiary alicyclic amines) is 1. The van der Waals surface area contributed by atoms with E-state index in [1.165, 1.54) is 0 Å². The van der Waals surface area contributed by atoms with E-state index in [0.29, 0.717) is 36.2 Å². The molecule has 3 aromatic rings. The van der Waals surface area contributed by atoms with Crippen LogP contribution in [-0.2, 0) is 0 Å². The minimum atomic E-state index is -0.146. The number of piperidine rings is 1. The molecule has 0 spiro atoms. The van der Waals surface area contributed by atoms with Crippen LogP contribution in [0.3, 0.4) is 0 Å². The maximum Gasteiger partial charge on any atom is 0.276 e. The van der Waals surface area contributed by atoms with Crippen molar-refractivity contribution in [3.8, 4) is 16.5 Å². The van der Waals surface area contributed by atoms with E-state index in [1.807, 2.05) is 36.5 Å². The molecule has 28 heavy (non-hydrogen) atoms. The molecule has 9 heteroatoms. The number of amides is 1. The summed E-state index contributed by atoms with van der Waals surface area (Å²) in [6.45, 7) is 1.14. The van der Waals surface area contributed by atoms with Gasteiger partial charge in [0.15, 0.2) is 17.3 Å². The Morgan fingerprint density at radius 2 is 2.21 bits per heavy atom. The van der Waals surface area contributed by atoms with Crippen molar-refractivity contribution in [1.29, 1.82) is 0 Å². The summed E-state index contributed by atoms with van der Waals surface area (Å²) in [6, 6.07) is 5.57. The highest BCUT2D eigenvalue weighted by Crippen LogP contribution is 2.27. The van der Waals surface area contributed by atoms with Gasteiger partial charge in [0.1, 0.15) is 6.10 Å². The standard InChI is InChI=1S/C19H21N5O3S/c1-23(2)17-18(21-8-7-20-17)26-13-5-3-9-24(12-13)19(25)14-11-15(27-22-14)16-6-4-10-28-16/h4,6-8,10-11,13H,3,5,9,12H2,1-2H3. The van der Waals surface area contributed by atoms with Gasteiger partial charge in [-0.05, 0) is 24.3 Å². The average Bonchev–Trinajstić information content (AvgIpc) is 3.39. The molecule has 1 fully saturated rings. The van der Waals surface area contributed by atoms with E-state index in [2.05, 4.69) is 15.1 Å². The number of ether oxygens (including phenoxy) is 1. The molecule has 1 atom stereocenters. The van der Waals surface area contributed by atoms with E-state index in [4.69, 9.17) is 9.26 Å². The first-order valence-electron chi connectivity index (χ1n) is 9.06. The molecule has 1 amide bonds. The Hall–Kier alpha value is -2.94. The third-order valence-electron chi connectivity index (χ3n) is 4.51. The highest BCUT2D eigenvalue weighted by molar-refractivity contribution is 7.13. The van der Waals surface area contributed by atoms with Gasteiger partial charge in [0.25, 0.3) is 11.8 Å². The largest absolute Gasteiger partial charge is 0.470 e.